The zero-order valence-corrected chi connectivity index (χ0v) is 12.7. The summed E-state index contributed by atoms with van der Waals surface area (Å²) in [7, 11) is 0. The lowest BCUT2D eigenvalue weighted by Gasteiger charge is -2.34. The van der Waals surface area contributed by atoms with Crippen molar-refractivity contribution in [2.75, 3.05) is 6.61 Å². The Hall–Kier alpha value is -2.40. The number of hydrogen-bond donors (Lipinski definition) is 0. The first-order chi connectivity index (χ1) is 10.7. The van der Waals surface area contributed by atoms with Gasteiger partial charge in [0.15, 0.2) is 5.41 Å². The van der Waals surface area contributed by atoms with Crippen LogP contribution in [-0.4, -0.2) is 6.61 Å². The molecule has 0 bridgehead atoms. The number of rotatable bonds is 3. The minimum Gasteiger partial charge on any atom is -0.369 e. The first kappa shape index (κ1) is 14.5. The van der Waals surface area contributed by atoms with Crippen LogP contribution in [0, 0.1) is 28.1 Å². The highest BCUT2D eigenvalue weighted by atomic mass is 32.1. The fraction of sp³-hybridized carbons (Fsp3) is 0.222. The van der Waals surface area contributed by atoms with Gasteiger partial charge in [-0.05, 0) is 28.0 Å². The Morgan fingerprint density at radius 2 is 1.95 bits per heavy atom. The number of benzene rings is 1. The van der Waals surface area contributed by atoms with Gasteiger partial charge < -0.3 is 4.74 Å². The number of thiophene rings is 1. The molecule has 2 heterocycles. The summed E-state index contributed by atoms with van der Waals surface area (Å²) in [6.45, 7) is 4.18. The molecule has 2 aromatic rings. The summed E-state index contributed by atoms with van der Waals surface area (Å²) in [6.07, 6.45) is 1.12. The molecule has 1 aromatic carbocycles. The number of ether oxygens (including phenoxy) is 1. The molecule has 3 rings (SSSR count). The van der Waals surface area contributed by atoms with Gasteiger partial charge in [0.1, 0.15) is 6.10 Å². The molecular formula is C18H14N2OS. The molecule has 1 fully saturated rings. The van der Waals surface area contributed by atoms with E-state index in [2.05, 4.69) is 18.7 Å². The molecule has 0 unspecified atom stereocenters. The van der Waals surface area contributed by atoms with Crippen LogP contribution in [-0.2, 0) is 10.2 Å². The largest absolute Gasteiger partial charge is 0.369 e. The second kappa shape index (κ2) is 5.42. The molecule has 0 radical (unpaired) electrons. The molecule has 0 amide bonds. The summed E-state index contributed by atoms with van der Waals surface area (Å²) in [5.41, 5.74) is -0.430. The molecule has 2 atom stereocenters. The van der Waals surface area contributed by atoms with E-state index in [9.17, 15) is 10.5 Å². The van der Waals surface area contributed by atoms with Crippen LogP contribution in [0.25, 0.3) is 0 Å². The fourth-order valence-electron chi connectivity index (χ4n) is 3.18. The van der Waals surface area contributed by atoms with E-state index in [1.54, 1.807) is 6.08 Å². The third-order valence-electron chi connectivity index (χ3n) is 4.41. The third-order valence-corrected chi connectivity index (χ3v) is 5.11. The highest BCUT2D eigenvalue weighted by molar-refractivity contribution is 7.07. The molecule has 1 saturated heterocycles. The van der Waals surface area contributed by atoms with E-state index in [4.69, 9.17) is 4.74 Å². The number of hydrogen-bond acceptors (Lipinski definition) is 4. The normalized spacial score (nSPS) is 26.0. The molecule has 0 spiro atoms. The van der Waals surface area contributed by atoms with Gasteiger partial charge in [0, 0.05) is 0 Å². The van der Waals surface area contributed by atoms with Crippen molar-refractivity contribution in [2.24, 2.45) is 5.41 Å². The van der Waals surface area contributed by atoms with Gasteiger partial charge in [-0.3, -0.25) is 0 Å². The molecule has 1 aliphatic heterocycles. The van der Waals surface area contributed by atoms with Crippen molar-refractivity contribution in [3.8, 4) is 12.1 Å². The minimum absolute atomic E-state index is 0.266. The highest BCUT2D eigenvalue weighted by Gasteiger charge is 2.63. The van der Waals surface area contributed by atoms with Gasteiger partial charge in [-0.25, -0.2) is 0 Å². The van der Waals surface area contributed by atoms with Gasteiger partial charge in [-0.1, -0.05) is 36.4 Å². The van der Waals surface area contributed by atoms with E-state index in [1.807, 2.05) is 47.2 Å². The second-order valence-electron chi connectivity index (χ2n) is 5.32. The molecule has 0 N–H and O–H groups in total. The first-order valence-corrected chi connectivity index (χ1v) is 7.83. The molecule has 4 heteroatoms. The Labute approximate surface area is 133 Å². The van der Waals surface area contributed by atoms with Gasteiger partial charge in [0.05, 0.1) is 24.2 Å². The van der Waals surface area contributed by atoms with Gasteiger partial charge >= 0.3 is 0 Å². The zero-order chi connectivity index (χ0) is 15.6. The van der Waals surface area contributed by atoms with E-state index in [-0.39, 0.29) is 6.61 Å². The number of nitriles is 2. The van der Waals surface area contributed by atoms with Gasteiger partial charge in [0.2, 0.25) is 0 Å². The Morgan fingerprint density at radius 1 is 1.23 bits per heavy atom. The summed E-state index contributed by atoms with van der Waals surface area (Å²) in [5.74, 6) is 0. The fourth-order valence-corrected chi connectivity index (χ4v) is 3.86. The van der Waals surface area contributed by atoms with E-state index in [1.165, 1.54) is 11.3 Å². The Morgan fingerprint density at radius 3 is 2.50 bits per heavy atom. The summed E-state index contributed by atoms with van der Waals surface area (Å²) in [4.78, 5) is 0. The van der Waals surface area contributed by atoms with Crippen molar-refractivity contribution >= 4 is 11.3 Å². The predicted octanol–water partition coefficient (Wildman–Crippen LogP) is 3.98. The highest BCUT2D eigenvalue weighted by Crippen LogP contribution is 2.57. The lowest BCUT2D eigenvalue weighted by Crippen LogP contribution is -2.42. The molecule has 3 nitrogen and oxygen atoms in total. The molecule has 0 aliphatic carbocycles. The smallest absolute Gasteiger partial charge is 0.188 e. The molecular weight excluding hydrogens is 292 g/mol. The summed E-state index contributed by atoms with van der Waals surface area (Å²) in [6, 6.07) is 16.0. The van der Waals surface area contributed by atoms with Gasteiger partial charge in [-0.2, -0.15) is 21.9 Å². The quantitative estimate of drug-likeness (QED) is 0.806. The van der Waals surface area contributed by atoms with Crippen LogP contribution < -0.4 is 0 Å². The second-order valence-corrected chi connectivity index (χ2v) is 6.10. The molecule has 1 aliphatic rings. The first-order valence-electron chi connectivity index (χ1n) is 6.89. The lowest BCUT2D eigenvalue weighted by molar-refractivity contribution is 0.0865. The van der Waals surface area contributed by atoms with Crippen molar-refractivity contribution < 1.29 is 4.74 Å². The predicted molar refractivity (Wildman–Crippen MR) is 85.0 cm³/mol. The molecule has 108 valence electrons. The van der Waals surface area contributed by atoms with Crippen molar-refractivity contribution in [3.05, 3.63) is 70.9 Å². The van der Waals surface area contributed by atoms with Crippen LogP contribution in [0.1, 0.15) is 17.2 Å². The Kier molecular flexibility index (Phi) is 3.58. The lowest BCUT2D eigenvalue weighted by atomic mass is 9.60. The van der Waals surface area contributed by atoms with Crippen molar-refractivity contribution in [1.82, 2.24) is 0 Å². The average molecular weight is 306 g/mol. The van der Waals surface area contributed by atoms with Crippen LogP contribution in [0.3, 0.4) is 0 Å². The number of nitrogens with zero attached hydrogens (tertiary/aromatic N) is 2. The van der Waals surface area contributed by atoms with Crippen LogP contribution >= 0.6 is 11.3 Å². The zero-order valence-electron chi connectivity index (χ0n) is 11.9. The van der Waals surface area contributed by atoms with Crippen LogP contribution in [0.15, 0.2) is 59.8 Å². The van der Waals surface area contributed by atoms with Crippen LogP contribution in [0.2, 0.25) is 0 Å². The SMILES string of the molecule is C=C[C@@]1(c2ccccc2)CO[C@H](c2ccsc2)C1(C#N)C#N. The van der Waals surface area contributed by atoms with Crippen LogP contribution in [0.5, 0.6) is 0 Å². The van der Waals surface area contributed by atoms with E-state index in [0.717, 1.165) is 11.1 Å². The Balaban J connectivity index is 2.23. The maximum atomic E-state index is 9.92. The molecule has 0 saturated carbocycles. The van der Waals surface area contributed by atoms with Crippen molar-refractivity contribution in [1.29, 1.82) is 10.5 Å². The van der Waals surface area contributed by atoms with E-state index >= 15 is 0 Å². The minimum atomic E-state index is -1.34. The monoisotopic (exact) mass is 306 g/mol. The maximum Gasteiger partial charge on any atom is 0.188 e. The Bertz CT molecular complexity index is 741. The van der Waals surface area contributed by atoms with E-state index in [0.29, 0.717) is 0 Å². The maximum absolute atomic E-state index is 9.92. The standard InChI is InChI=1S/C18H14N2OS/c1-2-17(15-6-4-3-5-7-15)13-21-16(14-8-9-22-10-14)18(17,11-19)12-20/h2-10,16H,1,13H2/t16-,17+/m1/s1. The molecule has 22 heavy (non-hydrogen) atoms. The third kappa shape index (κ3) is 1.75. The summed E-state index contributed by atoms with van der Waals surface area (Å²) >= 11 is 1.53. The van der Waals surface area contributed by atoms with E-state index < -0.39 is 16.9 Å². The summed E-state index contributed by atoms with van der Waals surface area (Å²) < 4.78 is 5.95. The van der Waals surface area contributed by atoms with Crippen molar-refractivity contribution in [3.63, 3.8) is 0 Å². The topological polar surface area (TPSA) is 56.8 Å². The summed E-state index contributed by atoms with van der Waals surface area (Å²) in [5, 5.41) is 23.7. The van der Waals surface area contributed by atoms with Crippen LogP contribution in [0.4, 0.5) is 0 Å². The van der Waals surface area contributed by atoms with Gasteiger partial charge in [0.25, 0.3) is 0 Å². The average Bonchev–Trinajstić information content (AvgIpc) is 3.21. The van der Waals surface area contributed by atoms with Crippen molar-refractivity contribution in [2.45, 2.75) is 11.5 Å². The van der Waals surface area contributed by atoms with Gasteiger partial charge in [-0.15, -0.1) is 6.58 Å². The molecule has 1 aromatic heterocycles.